The minimum atomic E-state index is -0.660. The maximum absolute atomic E-state index is 13.4. The number of rotatable bonds is 4. The first-order valence-electron chi connectivity index (χ1n) is 6.38. The van der Waals surface area contributed by atoms with Crippen molar-refractivity contribution >= 4 is 5.78 Å². The first-order valence-corrected chi connectivity index (χ1v) is 6.38. The zero-order chi connectivity index (χ0) is 13.0. The van der Waals surface area contributed by atoms with Crippen molar-refractivity contribution in [2.75, 3.05) is 6.54 Å². The van der Waals surface area contributed by atoms with Crippen LogP contribution in [0.1, 0.15) is 42.5 Å². The van der Waals surface area contributed by atoms with Gasteiger partial charge in [-0.3, -0.25) is 4.79 Å². The van der Waals surface area contributed by atoms with Gasteiger partial charge in [-0.05, 0) is 31.0 Å². The molecule has 1 fully saturated rings. The van der Waals surface area contributed by atoms with E-state index in [4.69, 9.17) is 0 Å². The molecule has 0 aromatic heterocycles. The molecule has 1 aromatic carbocycles. The zero-order valence-electron chi connectivity index (χ0n) is 10.2. The van der Waals surface area contributed by atoms with E-state index in [1.54, 1.807) is 0 Å². The van der Waals surface area contributed by atoms with Crippen LogP contribution in [0.15, 0.2) is 18.2 Å². The summed E-state index contributed by atoms with van der Waals surface area (Å²) in [5.74, 6) is -1.64. The number of benzene rings is 1. The molecule has 2 nitrogen and oxygen atoms in total. The van der Waals surface area contributed by atoms with Gasteiger partial charge in [-0.25, -0.2) is 8.78 Å². The Morgan fingerprint density at radius 1 is 1.22 bits per heavy atom. The van der Waals surface area contributed by atoms with Crippen LogP contribution in [0.2, 0.25) is 0 Å². The van der Waals surface area contributed by atoms with Crippen molar-refractivity contribution in [2.24, 2.45) is 0 Å². The van der Waals surface area contributed by atoms with Crippen LogP contribution in [-0.2, 0) is 0 Å². The highest BCUT2D eigenvalue weighted by atomic mass is 19.1. The molecule has 0 amide bonds. The van der Waals surface area contributed by atoms with Gasteiger partial charge in [0.05, 0.1) is 12.1 Å². The predicted molar refractivity (Wildman–Crippen MR) is 65.6 cm³/mol. The van der Waals surface area contributed by atoms with Gasteiger partial charge in [0, 0.05) is 6.04 Å². The summed E-state index contributed by atoms with van der Waals surface area (Å²) < 4.78 is 26.3. The average molecular weight is 253 g/mol. The van der Waals surface area contributed by atoms with Crippen molar-refractivity contribution in [3.8, 4) is 0 Å². The van der Waals surface area contributed by atoms with Gasteiger partial charge in [0.2, 0.25) is 0 Å². The first-order chi connectivity index (χ1) is 8.66. The van der Waals surface area contributed by atoms with Crippen LogP contribution < -0.4 is 5.32 Å². The van der Waals surface area contributed by atoms with Crippen molar-refractivity contribution in [2.45, 2.75) is 38.1 Å². The molecule has 0 unspecified atom stereocenters. The molecule has 1 aromatic rings. The van der Waals surface area contributed by atoms with E-state index in [2.05, 4.69) is 5.32 Å². The second-order valence-corrected chi connectivity index (χ2v) is 4.76. The minimum Gasteiger partial charge on any atom is -0.307 e. The topological polar surface area (TPSA) is 29.1 Å². The maximum atomic E-state index is 13.4. The van der Waals surface area contributed by atoms with Gasteiger partial charge in [0.15, 0.2) is 5.78 Å². The molecule has 4 heteroatoms. The lowest BCUT2D eigenvalue weighted by atomic mass is 9.95. The van der Waals surface area contributed by atoms with Gasteiger partial charge in [-0.1, -0.05) is 19.3 Å². The Hall–Kier alpha value is -1.29. The number of nitrogens with one attached hydrogen (secondary N) is 1. The van der Waals surface area contributed by atoms with Crippen LogP contribution in [0.3, 0.4) is 0 Å². The molecule has 1 aliphatic carbocycles. The zero-order valence-corrected chi connectivity index (χ0v) is 10.2. The summed E-state index contributed by atoms with van der Waals surface area (Å²) in [5.41, 5.74) is -0.168. The third kappa shape index (κ3) is 3.35. The number of halogens is 2. The van der Waals surface area contributed by atoms with Crippen molar-refractivity contribution in [1.29, 1.82) is 0 Å². The SMILES string of the molecule is O=C(CNC1CCCCC1)c1cc(F)ccc1F. The fourth-order valence-electron chi connectivity index (χ4n) is 2.35. The molecule has 0 aliphatic heterocycles. The largest absolute Gasteiger partial charge is 0.307 e. The lowest BCUT2D eigenvalue weighted by Crippen LogP contribution is -2.35. The number of Topliss-reactive ketones (excluding diaryl/α,β-unsaturated/α-hetero) is 1. The molecule has 18 heavy (non-hydrogen) atoms. The molecule has 0 spiro atoms. The lowest BCUT2D eigenvalue weighted by Gasteiger charge is -2.22. The normalized spacial score (nSPS) is 16.8. The van der Waals surface area contributed by atoms with E-state index in [0.717, 1.165) is 31.0 Å². The van der Waals surface area contributed by atoms with Crippen molar-refractivity contribution < 1.29 is 13.6 Å². The third-order valence-electron chi connectivity index (χ3n) is 3.39. The van der Waals surface area contributed by atoms with Crippen LogP contribution in [-0.4, -0.2) is 18.4 Å². The summed E-state index contributed by atoms with van der Waals surface area (Å²) >= 11 is 0. The quantitative estimate of drug-likeness (QED) is 0.835. The Bertz CT molecular complexity index is 428. The number of hydrogen-bond donors (Lipinski definition) is 1. The van der Waals surface area contributed by atoms with Crippen LogP contribution in [0.5, 0.6) is 0 Å². The molecule has 0 atom stereocenters. The Labute approximate surface area is 105 Å². The molecule has 1 saturated carbocycles. The Kier molecular flexibility index (Phi) is 4.42. The van der Waals surface area contributed by atoms with Gasteiger partial charge < -0.3 is 5.32 Å². The molecular formula is C14H17F2NO. The standard InChI is InChI=1S/C14H17F2NO/c15-10-6-7-13(16)12(8-10)14(18)9-17-11-4-2-1-3-5-11/h6-8,11,17H,1-5,9H2. The highest BCUT2D eigenvalue weighted by molar-refractivity contribution is 5.97. The smallest absolute Gasteiger partial charge is 0.179 e. The van der Waals surface area contributed by atoms with Gasteiger partial charge in [-0.15, -0.1) is 0 Å². The van der Waals surface area contributed by atoms with E-state index < -0.39 is 17.4 Å². The molecule has 1 N–H and O–H groups in total. The van der Waals surface area contributed by atoms with Gasteiger partial charge in [0.25, 0.3) is 0 Å². The van der Waals surface area contributed by atoms with E-state index in [-0.39, 0.29) is 12.1 Å². The summed E-state index contributed by atoms with van der Waals surface area (Å²) in [7, 11) is 0. The second-order valence-electron chi connectivity index (χ2n) is 4.76. The molecule has 98 valence electrons. The highest BCUT2D eigenvalue weighted by Gasteiger charge is 2.16. The lowest BCUT2D eigenvalue weighted by molar-refractivity contribution is 0.0980. The molecule has 0 radical (unpaired) electrons. The van der Waals surface area contributed by atoms with Crippen molar-refractivity contribution in [3.63, 3.8) is 0 Å². The Balaban J connectivity index is 1.92. The summed E-state index contributed by atoms with van der Waals surface area (Å²) in [6.07, 6.45) is 5.68. The summed E-state index contributed by atoms with van der Waals surface area (Å²) in [4.78, 5) is 11.8. The highest BCUT2D eigenvalue weighted by Crippen LogP contribution is 2.17. The minimum absolute atomic E-state index is 0.0744. The van der Waals surface area contributed by atoms with Crippen LogP contribution in [0.25, 0.3) is 0 Å². The summed E-state index contributed by atoms with van der Waals surface area (Å²) in [6, 6.07) is 3.30. The van der Waals surface area contributed by atoms with Gasteiger partial charge in [-0.2, -0.15) is 0 Å². The fourth-order valence-corrected chi connectivity index (χ4v) is 2.35. The fraction of sp³-hybridized carbons (Fsp3) is 0.500. The van der Waals surface area contributed by atoms with Crippen molar-refractivity contribution in [1.82, 2.24) is 5.32 Å². The maximum Gasteiger partial charge on any atom is 0.179 e. The van der Waals surface area contributed by atoms with Gasteiger partial charge in [0.1, 0.15) is 11.6 Å². The van der Waals surface area contributed by atoms with Crippen LogP contribution in [0.4, 0.5) is 8.78 Å². The van der Waals surface area contributed by atoms with Crippen molar-refractivity contribution in [3.05, 3.63) is 35.4 Å². The van der Waals surface area contributed by atoms with Crippen LogP contribution >= 0.6 is 0 Å². The predicted octanol–water partition coefficient (Wildman–Crippen LogP) is 3.07. The van der Waals surface area contributed by atoms with E-state index in [9.17, 15) is 13.6 Å². The number of ketones is 1. The van der Waals surface area contributed by atoms with Crippen LogP contribution in [0, 0.1) is 11.6 Å². The molecule has 1 aliphatic rings. The van der Waals surface area contributed by atoms with E-state index >= 15 is 0 Å². The average Bonchev–Trinajstić information content (AvgIpc) is 2.40. The molecule has 2 rings (SSSR count). The van der Waals surface area contributed by atoms with E-state index in [0.29, 0.717) is 6.04 Å². The second kappa shape index (κ2) is 6.05. The molecular weight excluding hydrogens is 236 g/mol. The Morgan fingerprint density at radius 2 is 1.94 bits per heavy atom. The number of hydrogen-bond acceptors (Lipinski definition) is 2. The monoisotopic (exact) mass is 253 g/mol. The third-order valence-corrected chi connectivity index (χ3v) is 3.39. The number of carbonyl (C=O) groups is 1. The van der Waals surface area contributed by atoms with E-state index in [1.165, 1.54) is 19.3 Å². The summed E-state index contributed by atoms with van der Waals surface area (Å²) in [6.45, 7) is 0.0744. The molecule has 0 heterocycles. The van der Waals surface area contributed by atoms with E-state index in [1.807, 2.05) is 0 Å². The summed E-state index contributed by atoms with van der Waals surface area (Å²) in [5, 5.41) is 3.13. The van der Waals surface area contributed by atoms with Gasteiger partial charge >= 0.3 is 0 Å². The Morgan fingerprint density at radius 3 is 2.67 bits per heavy atom. The number of carbonyl (C=O) groups excluding carboxylic acids is 1. The first kappa shape index (κ1) is 13.1. The molecule has 0 saturated heterocycles. The molecule has 0 bridgehead atoms.